The monoisotopic (exact) mass is 376 g/mol. The molecular formula is C21H24N6O. The van der Waals surface area contributed by atoms with Crippen LogP contribution in [0, 0.1) is 0 Å². The van der Waals surface area contributed by atoms with Crippen molar-refractivity contribution in [2.75, 3.05) is 18.4 Å². The minimum Gasteiger partial charge on any atom is -0.357 e. The Balaban J connectivity index is 1.20. The van der Waals surface area contributed by atoms with Gasteiger partial charge in [0.15, 0.2) is 11.5 Å². The van der Waals surface area contributed by atoms with Crippen molar-refractivity contribution in [2.45, 2.75) is 44.1 Å². The van der Waals surface area contributed by atoms with Gasteiger partial charge in [-0.3, -0.25) is 4.79 Å². The molecule has 144 valence electrons. The summed E-state index contributed by atoms with van der Waals surface area (Å²) in [4.78, 5) is 14.7. The Kier molecular flexibility index (Phi) is 4.43. The predicted octanol–water partition coefficient (Wildman–Crippen LogP) is 2.65. The Hall–Kier alpha value is -2.96. The van der Waals surface area contributed by atoms with E-state index in [2.05, 4.69) is 44.9 Å². The van der Waals surface area contributed by atoms with Gasteiger partial charge in [-0.15, -0.1) is 15.3 Å². The lowest BCUT2D eigenvalue weighted by Gasteiger charge is -2.17. The third-order valence-corrected chi connectivity index (χ3v) is 5.59. The van der Waals surface area contributed by atoms with Crippen molar-refractivity contribution in [3.63, 3.8) is 0 Å². The number of nitrogens with zero attached hydrogens (tertiary/aromatic N) is 5. The van der Waals surface area contributed by atoms with Gasteiger partial charge < -0.3 is 10.2 Å². The Morgan fingerprint density at radius 3 is 2.71 bits per heavy atom. The zero-order chi connectivity index (χ0) is 18.9. The van der Waals surface area contributed by atoms with Gasteiger partial charge in [-0.05, 0) is 49.8 Å². The molecule has 1 atom stereocenters. The number of anilines is 1. The van der Waals surface area contributed by atoms with E-state index < -0.39 is 0 Å². The van der Waals surface area contributed by atoms with Gasteiger partial charge in [0.05, 0.1) is 0 Å². The number of nitrogens with one attached hydrogen (secondary N) is 1. The van der Waals surface area contributed by atoms with Crippen LogP contribution in [0.15, 0.2) is 42.5 Å². The Bertz CT molecular complexity index is 981. The molecule has 3 heterocycles. The number of carbonyl (C=O) groups is 1. The third-order valence-electron chi connectivity index (χ3n) is 5.59. The van der Waals surface area contributed by atoms with E-state index in [0.29, 0.717) is 11.7 Å². The minimum atomic E-state index is -0.206. The molecule has 28 heavy (non-hydrogen) atoms. The van der Waals surface area contributed by atoms with Gasteiger partial charge in [-0.25, -0.2) is 0 Å². The highest BCUT2D eigenvalue weighted by atomic mass is 16.2. The van der Waals surface area contributed by atoms with Gasteiger partial charge >= 0.3 is 0 Å². The number of benzene rings is 1. The summed E-state index contributed by atoms with van der Waals surface area (Å²) in [6.45, 7) is 1.60. The standard InChI is InChI=1S/C21H24N6O/c28-21-17(12-14-26(21)13-4-7-15-5-2-1-3-6-15)22-18-10-11-19-23-24-20(16-8-9-16)27(19)25-18/h1-3,5-6,10-11,16-17H,4,7-9,12-14H2,(H,22,25). The highest BCUT2D eigenvalue weighted by molar-refractivity contribution is 5.86. The highest BCUT2D eigenvalue weighted by Crippen LogP contribution is 2.38. The first kappa shape index (κ1) is 17.2. The van der Waals surface area contributed by atoms with Crippen molar-refractivity contribution < 1.29 is 4.79 Å². The van der Waals surface area contributed by atoms with Crippen LogP contribution < -0.4 is 5.32 Å². The summed E-state index contributed by atoms with van der Waals surface area (Å²) in [6.07, 6.45) is 5.09. The topological polar surface area (TPSA) is 75.4 Å². The van der Waals surface area contributed by atoms with Crippen LogP contribution in [0.4, 0.5) is 5.82 Å². The van der Waals surface area contributed by atoms with E-state index in [4.69, 9.17) is 0 Å². The molecule has 2 aromatic heterocycles. The maximum Gasteiger partial charge on any atom is 0.245 e. The predicted molar refractivity (Wildman–Crippen MR) is 106 cm³/mol. The van der Waals surface area contributed by atoms with Crippen LogP contribution >= 0.6 is 0 Å². The number of rotatable bonds is 7. The van der Waals surface area contributed by atoms with Gasteiger partial charge in [0, 0.05) is 19.0 Å². The van der Waals surface area contributed by atoms with Crippen molar-refractivity contribution in [3.05, 3.63) is 53.9 Å². The van der Waals surface area contributed by atoms with Crippen molar-refractivity contribution in [3.8, 4) is 0 Å². The SMILES string of the molecule is O=C1C(Nc2ccc3nnc(C4CC4)n3n2)CCN1CCCc1ccccc1. The number of aromatic nitrogens is 4. The third kappa shape index (κ3) is 3.44. The second-order valence-corrected chi connectivity index (χ2v) is 7.72. The molecule has 2 aliphatic rings. The normalized spacial score (nSPS) is 19.5. The fourth-order valence-corrected chi connectivity index (χ4v) is 3.87. The first-order valence-electron chi connectivity index (χ1n) is 10.1. The maximum atomic E-state index is 12.8. The molecule has 1 amide bonds. The van der Waals surface area contributed by atoms with Crippen LogP contribution in [0.2, 0.25) is 0 Å². The van der Waals surface area contributed by atoms with E-state index in [1.54, 1.807) is 0 Å². The quantitative estimate of drug-likeness (QED) is 0.686. The van der Waals surface area contributed by atoms with Gasteiger partial charge in [0.2, 0.25) is 5.91 Å². The zero-order valence-electron chi connectivity index (χ0n) is 15.8. The summed E-state index contributed by atoms with van der Waals surface area (Å²) in [5, 5.41) is 16.4. The van der Waals surface area contributed by atoms with Crippen molar-refractivity contribution in [1.82, 2.24) is 24.7 Å². The summed E-state index contributed by atoms with van der Waals surface area (Å²) < 4.78 is 1.82. The molecule has 1 aromatic carbocycles. The average molecular weight is 376 g/mol. The summed E-state index contributed by atoms with van der Waals surface area (Å²) in [5.41, 5.74) is 2.08. The van der Waals surface area contributed by atoms with Crippen LogP contribution in [-0.2, 0) is 11.2 Å². The number of carbonyl (C=O) groups excluding carboxylic acids is 1. The van der Waals surface area contributed by atoms with E-state index >= 15 is 0 Å². The number of aryl methyl sites for hydroxylation is 1. The molecule has 1 aliphatic heterocycles. The summed E-state index contributed by atoms with van der Waals surface area (Å²) >= 11 is 0. The molecule has 1 aliphatic carbocycles. The van der Waals surface area contributed by atoms with E-state index in [9.17, 15) is 4.79 Å². The largest absolute Gasteiger partial charge is 0.357 e. The van der Waals surface area contributed by atoms with Crippen molar-refractivity contribution >= 4 is 17.4 Å². The fraction of sp³-hybridized carbons (Fsp3) is 0.429. The molecule has 7 nitrogen and oxygen atoms in total. The average Bonchev–Trinajstić information content (AvgIpc) is 3.40. The molecule has 5 rings (SSSR count). The molecule has 0 radical (unpaired) electrons. The van der Waals surface area contributed by atoms with Crippen LogP contribution in [-0.4, -0.2) is 49.7 Å². The molecule has 1 saturated carbocycles. The fourth-order valence-electron chi connectivity index (χ4n) is 3.87. The lowest BCUT2D eigenvalue weighted by molar-refractivity contribution is -0.128. The molecule has 1 N–H and O–H groups in total. The molecular weight excluding hydrogens is 352 g/mol. The first-order valence-corrected chi connectivity index (χ1v) is 10.1. The van der Waals surface area contributed by atoms with E-state index in [1.807, 2.05) is 27.6 Å². The lowest BCUT2D eigenvalue weighted by Crippen LogP contribution is -2.34. The number of hydrogen-bond donors (Lipinski definition) is 1. The van der Waals surface area contributed by atoms with E-state index in [0.717, 1.165) is 56.7 Å². The van der Waals surface area contributed by atoms with Gasteiger partial charge in [0.1, 0.15) is 11.9 Å². The highest BCUT2D eigenvalue weighted by Gasteiger charge is 2.32. The number of fused-ring (bicyclic) bond motifs is 1. The molecule has 0 bridgehead atoms. The summed E-state index contributed by atoms with van der Waals surface area (Å²) in [7, 11) is 0. The zero-order valence-corrected chi connectivity index (χ0v) is 15.8. The van der Waals surface area contributed by atoms with Gasteiger partial charge in [-0.1, -0.05) is 30.3 Å². The van der Waals surface area contributed by atoms with Gasteiger partial charge in [-0.2, -0.15) is 4.52 Å². The summed E-state index contributed by atoms with van der Waals surface area (Å²) in [6, 6.07) is 14.0. The summed E-state index contributed by atoms with van der Waals surface area (Å²) in [5.74, 6) is 2.28. The van der Waals surface area contributed by atoms with Crippen LogP contribution in [0.3, 0.4) is 0 Å². The Morgan fingerprint density at radius 2 is 1.89 bits per heavy atom. The Labute approximate surface area is 163 Å². The second-order valence-electron chi connectivity index (χ2n) is 7.72. The van der Waals surface area contributed by atoms with Gasteiger partial charge in [0.25, 0.3) is 0 Å². The molecule has 1 unspecified atom stereocenters. The maximum absolute atomic E-state index is 12.8. The van der Waals surface area contributed by atoms with Crippen LogP contribution in [0.25, 0.3) is 5.65 Å². The number of amides is 1. The molecule has 7 heteroatoms. The van der Waals surface area contributed by atoms with Crippen LogP contribution in [0.5, 0.6) is 0 Å². The molecule has 1 saturated heterocycles. The first-order chi connectivity index (χ1) is 13.8. The van der Waals surface area contributed by atoms with Crippen LogP contribution in [0.1, 0.15) is 43.0 Å². The van der Waals surface area contributed by atoms with Crippen molar-refractivity contribution in [2.24, 2.45) is 0 Å². The Morgan fingerprint density at radius 1 is 1.04 bits per heavy atom. The molecule has 3 aromatic rings. The van der Waals surface area contributed by atoms with Crippen molar-refractivity contribution in [1.29, 1.82) is 0 Å². The smallest absolute Gasteiger partial charge is 0.245 e. The minimum absolute atomic E-state index is 0.168. The molecule has 0 spiro atoms. The number of hydrogen-bond acceptors (Lipinski definition) is 5. The van der Waals surface area contributed by atoms with E-state index in [1.165, 1.54) is 5.56 Å². The van der Waals surface area contributed by atoms with E-state index in [-0.39, 0.29) is 11.9 Å². The lowest BCUT2D eigenvalue weighted by atomic mass is 10.1. The molecule has 2 fully saturated rings. The number of likely N-dealkylation sites (tertiary alicyclic amines) is 1. The second kappa shape index (κ2) is 7.22.